The van der Waals surface area contributed by atoms with E-state index in [1.165, 1.54) is 18.4 Å². The first-order chi connectivity index (χ1) is 8.60. The predicted molar refractivity (Wildman–Crippen MR) is 70.9 cm³/mol. The predicted octanol–water partition coefficient (Wildman–Crippen LogP) is 2.71. The number of thioether (sulfide) groups is 1. The van der Waals surface area contributed by atoms with Crippen LogP contribution in [0.25, 0.3) is 0 Å². The Labute approximate surface area is 112 Å². The first-order valence-electron chi connectivity index (χ1n) is 5.12. The van der Waals surface area contributed by atoms with Crippen LogP contribution in [0.15, 0.2) is 20.9 Å². The van der Waals surface area contributed by atoms with Crippen LogP contribution in [0.3, 0.4) is 0 Å². The number of esters is 1. The van der Waals surface area contributed by atoms with Gasteiger partial charge in [-0.05, 0) is 13.0 Å². The van der Waals surface area contributed by atoms with E-state index in [1.54, 1.807) is 18.0 Å². The van der Waals surface area contributed by atoms with Crippen molar-refractivity contribution in [1.82, 2.24) is 4.98 Å². The van der Waals surface area contributed by atoms with Crippen molar-refractivity contribution in [3.8, 4) is 0 Å². The lowest BCUT2D eigenvalue weighted by Gasteiger charge is -1.96. The molecule has 7 heteroatoms. The van der Waals surface area contributed by atoms with E-state index in [0.29, 0.717) is 10.9 Å². The second-order valence-corrected chi connectivity index (χ2v) is 5.86. The summed E-state index contributed by atoms with van der Waals surface area (Å²) >= 11 is 2.99. The summed E-state index contributed by atoms with van der Waals surface area (Å²) < 4.78 is 11.1. The van der Waals surface area contributed by atoms with Crippen molar-refractivity contribution in [2.75, 3.05) is 12.8 Å². The molecule has 0 spiro atoms. The Morgan fingerprint density at radius 3 is 3.06 bits per heavy atom. The molecule has 2 heterocycles. The number of carbonyl (C=O) groups is 1. The standard InChI is InChI=1S/C11H12N2O3S2/c1-6-3-7(16-9(6)10(14)15-2)5-17-8-4-13-11(12)18-8/h3-4H,5H2,1-2H3,(H2,12,13). The maximum absolute atomic E-state index is 11.4. The normalized spacial score (nSPS) is 10.6. The van der Waals surface area contributed by atoms with Crippen LogP contribution in [-0.4, -0.2) is 18.1 Å². The van der Waals surface area contributed by atoms with Gasteiger partial charge in [0, 0.05) is 5.56 Å². The number of nitrogens with two attached hydrogens (primary N) is 1. The molecule has 2 N–H and O–H groups in total. The van der Waals surface area contributed by atoms with Crippen molar-refractivity contribution < 1.29 is 13.9 Å². The highest BCUT2D eigenvalue weighted by Gasteiger charge is 2.16. The van der Waals surface area contributed by atoms with Crippen molar-refractivity contribution in [3.05, 3.63) is 29.3 Å². The largest absolute Gasteiger partial charge is 0.463 e. The maximum atomic E-state index is 11.4. The number of nitrogens with zero attached hydrogens (tertiary/aromatic N) is 1. The number of aromatic nitrogens is 1. The molecule has 0 saturated heterocycles. The van der Waals surface area contributed by atoms with E-state index in [4.69, 9.17) is 10.2 Å². The zero-order valence-electron chi connectivity index (χ0n) is 9.93. The van der Waals surface area contributed by atoms with Crippen LogP contribution in [0.1, 0.15) is 21.9 Å². The molecule has 2 aromatic rings. The van der Waals surface area contributed by atoms with E-state index in [2.05, 4.69) is 9.72 Å². The van der Waals surface area contributed by atoms with Crippen molar-refractivity contribution >= 4 is 34.2 Å². The molecule has 0 aliphatic heterocycles. The summed E-state index contributed by atoms with van der Waals surface area (Å²) in [6.07, 6.45) is 1.72. The smallest absolute Gasteiger partial charge is 0.374 e. The molecule has 2 aromatic heterocycles. The summed E-state index contributed by atoms with van der Waals surface area (Å²) in [7, 11) is 1.33. The number of anilines is 1. The van der Waals surface area contributed by atoms with Gasteiger partial charge in [0.1, 0.15) is 5.76 Å². The number of furan rings is 1. The third kappa shape index (κ3) is 2.85. The number of methoxy groups -OCH3 is 1. The number of aryl methyl sites for hydroxylation is 1. The van der Waals surface area contributed by atoms with E-state index in [0.717, 1.165) is 15.5 Å². The highest BCUT2D eigenvalue weighted by molar-refractivity contribution is 8.00. The van der Waals surface area contributed by atoms with E-state index >= 15 is 0 Å². The Morgan fingerprint density at radius 2 is 2.44 bits per heavy atom. The second-order valence-electron chi connectivity index (χ2n) is 3.52. The first kappa shape index (κ1) is 13.0. The Bertz CT molecular complexity index is 562. The zero-order chi connectivity index (χ0) is 13.1. The fraction of sp³-hybridized carbons (Fsp3) is 0.273. The van der Waals surface area contributed by atoms with Crippen LogP contribution in [0.2, 0.25) is 0 Å². The van der Waals surface area contributed by atoms with Gasteiger partial charge in [0.15, 0.2) is 5.13 Å². The van der Waals surface area contributed by atoms with Crippen LogP contribution >= 0.6 is 23.1 Å². The van der Waals surface area contributed by atoms with Gasteiger partial charge in [0.2, 0.25) is 5.76 Å². The Balaban J connectivity index is 2.04. The molecule has 0 aliphatic rings. The SMILES string of the molecule is COC(=O)c1oc(CSc2cnc(N)s2)cc1C. The van der Waals surface area contributed by atoms with E-state index < -0.39 is 5.97 Å². The van der Waals surface area contributed by atoms with Gasteiger partial charge < -0.3 is 14.9 Å². The van der Waals surface area contributed by atoms with Crippen LogP contribution in [0.4, 0.5) is 5.13 Å². The van der Waals surface area contributed by atoms with Gasteiger partial charge in [-0.1, -0.05) is 11.3 Å². The molecule has 0 radical (unpaired) electrons. The highest BCUT2D eigenvalue weighted by atomic mass is 32.2. The number of ether oxygens (including phenoxy) is 1. The summed E-state index contributed by atoms with van der Waals surface area (Å²) in [6.45, 7) is 1.81. The molecular formula is C11H12N2O3S2. The van der Waals surface area contributed by atoms with E-state index in [9.17, 15) is 4.79 Å². The second kappa shape index (κ2) is 5.45. The van der Waals surface area contributed by atoms with Gasteiger partial charge in [-0.2, -0.15) is 0 Å². The summed E-state index contributed by atoms with van der Waals surface area (Å²) in [5.41, 5.74) is 6.32. The lowest BCUT2D eigenvalue weighted by molar-refractivity contribution is 0.0562. The van der Waals surface area contributed by atoms with Gasteiger partial charge in [-0.3, -0.25) is 0 Å². The average molecular weight is 284 g/mol. The Morgan fingerprint density at radius 1 is 1.67 bits per heavy atom. The maximum Gasteiger partial charge on any atom is 0.374 e. The fourth-order valence-corrected chi connectivity index (χ4v) is 3.04. The van der Waals surface area contributed by atoms with Crippen LogP contribution < -0.4 is 5.73 Å². The van der Waals surface area contributed by atoms with Crippen molar-refractivity contribution in [1.29, 1.82) is 0 Å². The molecule has 2 rings (SSSR count). The summed E-state index contributed by atoms with van der Waals surface area (Å²) in [6, 6.07) is 1.84. The number of nitrogen functional groups attached to an aromatic ring is 1. The number of hydrogen-bond acceptors (Lipinski definition) is 7. The quantitative estimate of drug-likeness (QED) is 0.687. The molecule has 18 heavy (non-hydrogen) atoms. The lowest BCUT2D eigenvalue weighted by Crippen LogP contribution is -2.00. The third-order valence-corrected chi connectivity index (χ3v) is 4.24. The minimum Gasteiger partial charge on any atom is -0.463 e. The zero-order valence-corrected chi connectivity index (χ0v) is 11.6. The molecule has 96 valence electrons. The number of hydrogen-bond donors (Lipinski definition) is 1. The van der Waals surface area contributed by atoms with Crippen LogP contribution in [-0.2, 0) is 10.5 Å². The topological polar surface area (TPSA) is 78.3 Å². The molecule has 0 unspecified atom stereocenters. The van der Waals surface area contributed by atoms with Crippen molar-refractivity contribution in [3.63, 3.8) is 0 Å². The summed E-state index contributed by atoms with van der Waals surface area (Å²) in [5.74, 6) is 1.16. The fourth-order valence-electron chi connectivity index (χ4n) is 1.40. The van der Waals surface area contributed by atoms with Gasteiger partial charge in [0.05, 0.1) is 23.3 Å². The van der Waals surface area contributed by atoms with Crippen LogP contribution in [0.5, 0.6) is 0 Å². The molecule has 0 fully saturated rings. The molecule has 0 aromatic carbocycles. The number of thiazole rings is 1. The lowest BCUT2D eigenvalue weighted by atomic mass is 10.3. The van der Waals surface area contributed by atoms with E-state index in [1.807, 2.05) is 13.0 Å². The third-order valence-electron chi connectivity index (χ3n) is 2.20. The van der Waals surface area contributed by atoms with Gasteiger partial charge in [-0.25, -0.2) is 9.78 Å². The molecule has 0 saturated carbocycles. The highest BCUT2D eigenvalue weighted by Crippen LogP contribution is 2.30. The van der Waals surface area contributed by atoms with Gasteiger partial charge in [-0.15, -0.1) is 11.8 Å². The summed E-state index contributed by atoms with van der Waals surface area (Å²) in [5, 5.41) is 0.545. The number of rotatable bonds is 4. The minimum absolute atomic E-state index is 0.261. The van der Waals surface area contributed by atoms with Gasteiger partial charge >= 0.3 is 5.97 Å². The van der Waals surface area contributed by atoms with E-state index in [-0.39, 0.29) is 5.76 Å². The Kier molecular flexibility index (Phi) is 3.93. The number of carbonyl (C=O) groups excluding carboxylic acids is 1. The molecule has 0 amide bonds. The first-order valence-corrected chi connectivity index (χ1v) is 6.92. The molecular weight excluding hydrogens is 272 g/mol. The molecule has 0 bridgehead atoms. The monoisotopic (exact) mass is 284 g/mol. The molecule has 0 aliphatic carbocycles. The van der Waals surface area contributed by atoms with Crippen molar-refractivity contribution in [2.24, 2.45) is 0 Å². The molecule has 5 nitrogen and oxygen atoms in total. The minimum atomic E-state index is -0.453. The van der Waals surface area contributed by atoms with Crippen LogP contribution in [0, 0.1) is 6.92 Å². The average Bonchev–Trinajstić information content (AvgIpc) is 2.92. The Hall–Kier alpha value is -1.47. The summed E-state index contributed by atoms with van der Waals surface area (Å²) in [4.78, 5) is 15.3. The van der Waals surface area contributed by atoms with Gasteiger partial charge in [0.25, 0.3) is 0 Å². The molecule has 0 atom stereocenters. The van der Waals surface area contributed by atoms with Crippen molar-refractivity contribution in [2.45, 2.75) is 16.9 Å².